The number of hydrogen-bond donors (Lipinski definition) is 0. The minimum absolute atomic E-state index is 0.175. The molecule has 0 saturated carbocycles. The smallest absolute Gasteiger partial charge is 0.308 e. The Kier molecular flexibility index (Phi) is 5.94. The molecule has 0 spiro atoms. The van der Waals surface area contributed by atoms with Gasteiger partial charge >= 0.3 is 5.97 Å². The highest BCUT2D eigenvalue weighted by molar-refractivity contribution is 5.82. The van der Waals surface area contributed by atoms with Crippen molar-refractivity contribution in [2.75, 3.05) is 7.11 Å². The van der Waals surface area contributed by atoms with Crippen LogP contribution < -0.4 is 0 Å². The Morgan fingerprint density at radius 3 is 1.68 bits per heavy atom. The number of methoxy groups -OCH3 is 1. The molecular formula is C34H34N2O2. The van der Waals surface area contributed by atoms with E-state index in [0.717, 1.165) is 29.8 Å². The van der Waals surface area contributed by atoms with Crippen LogP contribution in [0.3, 0.4) is 0 Å². The number of benzene rings is 2. The maximum Gasteiger partial charge on any atom is 0.308 e. The summed E-state index contributed by atoms with van der Waals surface area (Å²) in [5.74, 6) is 0.000584. The number of nitrogens with zero attached hydrogens (tertiary/aromatic N) is 2. The van der Waals surface area contributed by atoms with Crippen LogP contribution >= 0.6 is 0 Å². The van der Waals surface area contributed by atoms with Gasteiger partial charge in [0.1, 0.15) is 0 Å². The van der Waals surface area contributed by atoms with Crippen LogP contribution in [0.1, 0.15) is 62.3 Å². The molecule has 2 heterocycles. The van der Waals surface area contributed by atoms with Crippen LogP contribution in [0.5, 0.6) is 0 Å². The molecule has 4 nitrogen and oxygen atoms in total. The molecule has 0 bridgehead atoms. The van der Waals surface area contributed by atoms with E-state index < -0.39 is 5.41 Å². The molecule has 38 heavy (non-hydrogen) atoms. The Hall–Kier alpha value is -3.79. The summed E-state index contributed by atoms with van der Waals surface area (Å²) in [5.41, 5.74) is 8.88. The van der Waals surface area contributed by atoms with Gasteiger partial charge in [0.05, 0.1) is 24.4 Å². The molecular weight excluding hydrogens is 468 g/mol. The molecule has 0 radical (unpaired) electrons. The van der Waals surface area contributed by atoms with Gasteiger partial charge in [-0.3, -0.25) is 14.8 Å². The molecule has 0 fully saturated rings. The normalized spacial score (nSPS) is 21.4. The lowest BCUT2D eigenvalue weighted by molar-refractivity contribution is -0.145. The van der Waals surface area contributed by atoms with Gasteiger partial charge in [0.25, 0.3) is 0 Å². The standard InChI is InChI=1S/C34H34N2O2/c1-22(2)19-33(26-13-7-5-11-24(26)30-28(33)15-9-17-35-30)21-34(20-23(3)32(37)38-4)27-14-8-6-12-25(27)31-29(34)16-10-18-36-31/h5-18,22-23H,19-21H2,1-4H3/t23?,33-,34+/m1/s1. The Labute approximate surface area is 225 Å². The minimum Gasteiger partial charge on any atom is -0.469 e. The van der Waals surface area contributed by atoms with Gasteiger partial charge in [-0.2, -0.15) is 0 Å². The third-order valence-electron chi connectivity index (χ3n) is 8.66. The molecule has 4 heteroatoms. The summed E-state index contributed by atoms with van der Waals surface area (Å²) in [7, 11) is 1.49. The number of hydrogen-bond acceptors (Lipinski definition) is 4. The number of fused-ring (bicyclic) bond motifs is 6. The number of rotatable bonds is 7. The summed E-state index contributed by atoms with van der Waals surface area (Å²) in [6, 6.07) is 26.0. The van der Waals surface area contributed by atoms with E-state index in [1.54, 1.807) is 0 Å². The molecule has 0 aliphatic heterocycles. The molecule has 6 rings (SSSR count). The fraction of sp³-hybridized carbons (Fsp3) is 0.324. The van der Waals surface area contributed by atoms with Gasteiger partial charge in [-0.25, -0.2) is 0 Å². The van der Waals surface area contributed by atoms with Gasteiger partial charge in [-0.05, 0) is 59.6 Å². The van der Waals surface area contributed by atoms with Gasteiger partial charge < -0.3 is 4.74 Å². The first kappa shape index (κ1) is 24.5. The number of aromatic nitrogens is 2. The lowest BCUT2D eigenvalue weighted by atomic mass is 9.58. The molecule has 2 aliphatic carbocycles. The Morgan fingerprint density at radius 1 is 0.711 bits per heavy atom. The molecule has 4 aromatic rings. The van der Waals surface area contributed by atoms with Gasteiger partial charge in [-0.15, -0.1) is 0 Å². The predicted molar refractivity (Wildman–Crippen MR) is 151 cm³/mol. The van der Waals surface area contributed by atoms with Crippen LogP contribution in [0.15, 0.2) is 85.2 Å². The first-order chi connectivity index (χ1) is 18.4. The van der Waals surface area contributed by atoms with E-state index in [9.17, 15) is 4.79 Å². The van der Waals surface area contributed by atoms with E-state index in [4.69, 9.17) is 14.7 Å². The van der Waals surface area contributed by atoms with Crippen molar-refractivity contribution >= 4 is 5.97 Å². The number of pyridine rings is 2. The molecule has 2 aromatic carbocycles. The molecule has 192 valence electrons. The highest BCUT2D eigenvalue weighted by Gasteiger charge is 2.54. The van der Waals surface area contributed by atoms with E-state index in [0.29, 0.717) is 12.3 Å². The second-order valence-electron chi connectivity index (χ2n) is 11.5. The number of carbonyl (C=O) groups excluding carboxylic acids is 1. The van der Waals surface area contributed by atoms with Crippen LogP contribution in [0, 0.1) is 11.8 Å². The maximum absolute atomic E-state index is 12.9. The summed E-state index contributed by atoms with van der Waals surface area (Å²) < 4.78 is 5.25. The zero-order chi connectivity index (χ0) is 26.5. The molecule has 2 aliphatic rings. The SMILES string of the molecule is COC(=O)C(C)C[C@]1(C[C@]2(CC(C)C)c3ccccc3-c3ncccc32)c2ccccc2-c2ncccc21. The number of ether oxygens (including phenoxy) is 1. The van der Waals surface area contributed by atoms with Crippen molar-refractivity contribution in [3.05, 3.63) is 107 Å². The van der Waals surface area contributed by atoms with Crippen LogP contribution in [0.4, 0.5) is 0 Å². The van der Waals surface area contributed by atoms with E-state index in [-0.39, 0.29) is 17.3 Å². The van der Waals surface area contributed by atoms with Gasteiger partial charge in [-0.1, -0.05) is 81.4 Å². The molecule has 3 atom stereocenters. The first-order valence-corrected chi connectivity index (χ1v) is 13.6. The van der Waals surface area contributed by atoms with Crippen molar-refractivity contribution in [2.24, 2.45) is 11.8 Å². The Bertz CT molecular complexity index is 1430. The second kappa shape index (κ2) is 9.20. The van der Waals surface area contributed by atoms with Crippen LogP contribution in [0.25, 0.3) is 22.5 Å². The lowest BCUT2D eigenvalue weighted by Crippen LogP contribution is -2.40. The highest BCUT2D eigenvalue weighted by Crippen LogP contribution is 2.62. The average Bonchev–Trinajstić information content (AvgIpc) is 3.36. The van der Waals surface area contributed by atoms with Crippen LogP contribution in [-0.2, 0) is 20.4 Å². The third-order valence-corrected chi connectivity index (χ3v) is 8.66. The largest absolute Gasteiger partial charge is 0.469 e. The first-order valence-electron chi connectivity index (χ1n) is 13.6. The summed E-state index contributed by atoms with van der Waals surface area (Å²) in [6.45, 7) is 6.61. The lowest BCUT2D eigenvalue weighted by Gasteiger charge is -2.44. The second-order valence-corrected chi connectivity index (χ2v) is 11.5. The Balaban J connectivity index is 1.65. The van der Waals surface area contributed by atoms with Gasteiger partial charge in [0.15, 0.2) is 0 Å². The van der Waals surface area contributed by atoms with Crippen LogP contribution in [0.2, 0.25) is 0 Å². The van der Waals surface area contributed by atoms with E-state index in [1.807, 2.05) is 25.4 Å². The molecule has 1 unspecified atom stereocenters. The van der Waals surface area contributed by atoms with Crippen LogP contribution in [-0.4, -0.2) is 23.0 Å². The summed E-state index contributed by atoms with van der Waals surface area (Å²) in [5, 5.41) is 0. The molecule has 0 amide bonds. The fourth-order valence-corrected chi connectivity index (χ4v) is 7.50. The summed E-state index contributed by atoms with van der Waals surface area (Å²) in [4.78, 5) is 22.7. The van der Waals surface area contributed by atoms with Gasteiger partial charge in [0.2, 0.25) is 0 Å². The fourth-order valence-electron chi connectivity index (χ4n) is 7.50. The molecule has 0 saturated heterocycles. The minimum atomic E-state index is -0.423. The third kappa shape index (κ3) is 3.53. The maximum atomic E-state index is 12.9. The molecule has 0 N–H and O–H groups in total. The zero-order valence-corrected chi connectivity index (χ0v) is 22.6. The van der Waals surface area contributed by atoms with E-state index >= 15 is 0 Å². The van der Waals surface area contributed by atoms with Crippen molar-refractivity contribution < 1.29 is 9.53 Å². The predicted octanol–water partition coefficient (Wildman–Crippen LogP) is 7.35. The van der Waals surface area contributed by atoms with Gasteiger partial charge in [0, 0.05) is 34.4 Å². The topological polar surface area (TPSA) is 52.1 Å². The van der Waals surface area contributed by atoms with Crippen molar-refractivity contribution in [1.82, 2.24) is 9.97 Å². The monoisotopic (exact) mass is 502 g/mol. The number of carbonyl (C=O) groups is 1. The highest BCUT2D eigenvalue weighted by atomic mass is 16.5. The van der Waals surface area contributed by atoms with Crippen molar-refractivity contribution in [2.45, 2.75) is 50.9 Å². The average molecular weight is 503 g/mol. The van der Waals surface area contributed by atoms with Crippen molar-refractivity contribution in [3.63, 3.8) is 0 Å². The van der Waals surface area contributed by atoms with Crippen molar-refractivity contribution in [1.29, 1.82) is 0 Å². The quantitative estimate of drug-likeness (QED) is 0.248. The zero-order valence-electron chi connectivity index (χ0n) is 22.6. The van der Waals surface area contributed by atoms with E-state index in [2.05, 4.69) is 80.6 Å². The Morgan fingerprint density at radius 2 is 1.18 bits per heavy atom. The van der Waals surface area contributed by atoms with Crippen molar-refractivity contribution in [3.8, 4) is 22.5 Å². The number of esters is 1. The van der Waals surface area contributed by atoms with E-state index in [1.165, 1.54) is 34.9 Å². The summed E-state index contributed by atoms with van der Waals surface area (Å²) in [6.07, 6.45) is 6.23. The summed E-state index contributed by atoms with van der Waals surface area (Å²) >= 11 is 0. The molecule has 2 aromatic heterocycles.